The quantitative estimate of drug-likeness (QED) is 0.397. The van der Waals surface area contributed by atoms with Crippen LogP contribution >= 0.6 is 0 Å². The second-order valence-corrected chi connectivity index (χ2v) is 6.17. The van der Waals surface area contributed by atoms with Gasteiger partial charge in [0.2, 0.25) is 5.78 Å². The van der Waals surface area contributed by atoms with Crippen molar-refractivity contribution < 1.29 is 27.5 Å². The fourth-order valence-electron chi connectivity index (χ4n) is 2.99. The third kappa shape index (κ3) is 3.53. The standard InChI is InChI=1S/C19H18F3N3O3/c1-28-14-6-3-12(4-7-14)18(26)17-15-8-5-13(19(20,21)22)11-16(15)25(27)24(17)10-2-9-23/h3-8,11H,2,9-10,23H2,1H3. The summed E-state index contributed by atoms with van der Waals surface area (Å²) in [5.74, 6) is 0.0765. The van der Waals surface area contributed by atoms with Gasteiger partial charge in [0.05, 0.1) is 24.6 Å². The van der Waals surface area contributed by atoms with Crippen molar-refractivity contribution in [2.45, 2.75) is 19.1 Å². The molecule has 0 spiro atoms. The van der Waals surface area contributed by atoms with Crippen LogP contribution in [-0.4, -0.2) is 24.1 Å². The number of benzene rings is 2. The molecule has 0 aliphatic carbocycles. The molecular weight excluding hydrogens is 375 g/mol. The van der Waals surface area contributed by atoms with Crippen LogP contribution in [0.3, 0.4) is 0 Å². The summed E-state index contributed by atoms with van der Waals surface area (Å²) in [5.41, 5.74) is 4.64. The summed E-state index contributed by atoms with van der Waals surface area (Å²) in [5, 5.41) is 12.8. The lowest BCUT2D eigenvalue weighted by atomic mass is 10.0. The lowest BCUT2D eigenvalue weighted by molar-refractivity contribution is -0.670. The second kappa shape index (κ2) is 7.51. The van der Waals surface area contributed by atoms with E-state index in [-0.39, 0.29) is 35.2 Å². The maximum Gasteiger partial charge on any atom is 0.416 e. The smallest absolute Gasteiger partial charge is 0.416 e. The summed E-state index contributed by atoms with van der Waals surface area (Å²) in [6.45, 7) is 0.367. The number of ether oxygens (including phenoxy) is 1. The number of halogens is 3. The van der Waals surface area contributed by atoms with E-state index < -0.39 is 17.5 Å². The zero-order valence-corrected chi connectivity index (χ0v) is 15.0. The summed E-state index contributed by atoms with van der Waals surface area (Å²) in [6.07, 6.45) is -4.21. The summed E-state index contributed by atoms with van der Waals surface area (Å²) < 4.78 is 45.3. The van der Waals surface area contributed by atoms with E-state index in [4.69, 9.17) is 10.5 Å². The van der Waals surface area contributed by atoms with Crippen LogP contribution in [0, 0.1) is 5.21 Å². The fraction of sp³-hybridized carbons (Fsp3) is 0.263. The van der Waals surface area contributed by atoms with Crippen molar-refractivity contribution in [3.63, 3.8) is 0 Å². The Morgan fingerprint density at radius 3 is 2.46 bits per heavy atom. The van der Waals surface area contributed by atoms with Gasteiger partial charge in [-0.2, -0.15) is 13.2 Å². The van der Waals surface area contributed by atoms with Crippen LogP contribution in [0.15, 0.2) is 42.5 Å². The van der Waals surface area contributed by atoms with Crippen LogP contribution in [0.4, 0.5) is 13.2 Å². The van der Waals surface area contributed by atoms with E-state index in [1.165, 1.54) is 19.2 Å². The Kier molecular flexibility index (Phi) is 5.28. The Labute approximate surface area is 158 Å². The minimum absolute atomic E-state index is 0.0253. The van der Waals surface area contributed by atoms with Gasteiger partial charge in [-0.25, -0.2) is 0 Å². The monoisotopic (exact) mass is 393 g/mol. The van der Waals surface area contributed by atoms with Crippen LogP contribution in [-0.2, 0) is 12.7 Å². The van der Waals surface area contributed by atoms with Gasteiger partial charge in [-0.15, -0.1) is 4.68 Å². The number of aromatic nitrogens is 2. The average Bonchev–Trinajstić information content (AvgIpc) is 2.96. The van der Waals surface area contributed by atoms with Crippen molar-refractivity contribution in [3.05, 3.63) is 64.5 Å². The number of nitrogens with zero attached hydrogens (tertiary/aromatic N) is 2. The van der Waals surface area contributed by atoms with Gasteiger partial charge in [-0.05, 0) is 49.4 Å². The molecule has 1 aromatic heterocycles. The number of carbonyl (C=O) groups is 1. The molecule has 0 unspecified atom stereocenters. The first kappa shape index (κ1) is 19.7. The van der Waals surface area contributed by atoms with E-state index in [1.807, 2.05) is 0 Å². The molecule has 9 heteroatoms. The molecule has 0 radical (unpaired) electrons. The van der Waals surface area contributed by atoms with E-state index in [1.54, 1.807) is 12.1 Å². The van der Waals surface area contributed by atoms with Gasteiger partial charge in [0, 0.05) is 11.6 Å². The van der Waals surface area contributed by atoms with E-state index in [9.17, 15) is 23.2 Å². The number of methoxy groups -OCH3 is 1. The molecule has 2 aromatic carbocycles. The topological polar surface area (TPSA) is 84.2 Å². The largest absolute Gasteiger partial charge is 0.595 e. The van der Waals surface area contributed by atoms with Crippen LogP contribution in [0.1, 0.15) is 28.0 Å². The van der Waals surface area contributed by atoms with Crippen LogP contribution in [0.25, 0.3) is 10.9 Å². The second-order valence-electron chi connectivity index (χ2n) is 6.17. The lowest BCUT2D eigenvalue weighted by Gasteiger charge is -2.07. The lowest BCUT2D eigenvalue weighted by Crippen LogP contribution is -2.39. The molecule has 148 valence electrons. The highest BCUT2D eigenvalue weighted by Gasteiger charge is 2.34. The van der Waals surface area contributed by atoms with Gasteiger partial charge in [-0.3, -0.25) is 4.79 Å². The zero-order valence-electron chi connectivity index (χ0n) is 15.0. The Balaban J connectivity index is 2.19. The van der Waals surface area contributed by atoms with E-state index in [2.05, 4.69) is 0 Å². The molecule has 28 heavy (non-hydrogen) atoms. The van der Waals surface area contributed by atoms with E-state index >= 15 is 0 Å². The van der Waals surface area contributed by atoms with E-state index in [0.717, 1.165) is 22.9 Å². The van der Waals surface area contributed by atoms with Crippen molar-refractivity contribution in [1.82, 2.24) is 4.68 Å². The van der Waals surface area contributed by atoms with Crippen LogP contribution in [0.2, 0.25) is 0 Å². The summed E-state index contributed by atoms with van der Waals surface area (Å²) in [4.78, 5) is 13.4. The number of ketones is 1. The van der Waals surface area contributed by atoms with Gasteiger partial charge < -0.3 is 15.7 Å². The molecule has 1 heterocycles. The molecule has 0 saturated heterocycles. The van der Waals surface area contributed by atoms with Crippen LogP contribution in [0.5, 0.6) is 5.75 Å². The fourth-order valence-corrected chi connectivity index (χ4v) is 2.99. The number of fused-ring (bicyclic) bond motifs is 1. The minimum Gasteiger partial charge on any atom is -0.595 e. The van der Waals surface area contributed by atoms with Crippen molar-refractivity contribution in [1.29, 1.82) is 0 Å². The van der Waals surface area contributed by atoms with Gasteiger partial charge in [0.1, 0.15) is 5.75 Å². The highest BCUT2D eigenvalue weighted by Crippen LogP contribution is 2.32. The molecule has 0 atom stereocenters. The summed E-state index contributed by atoms with van der Waals surface area (Å²) in [7, 11) is 1.49. The third-order valence-electron chi connectivity index (χ3n) is 4.40. The number of carbonyl (C=O) groups excluding carboxylic acids is 1. The molecule has 0 aliphatic rings. The number of alkyl halides is 3. The molecule has 0 fully saturated rings. The summed E-state index contributed by atoms with van der Waals surface area (Å²) >= 11 is 0. The van der Waals surface area contributed by atoms with E-state index in [0.29, 0.717) is 17.0 Å². The third-order valence-corrected chi connectivity index (χ3v) is 4.40. The first-order chi connectivity index (χ1) is 13.3. The molecule has 3 aromatic rings. The van der Waals surface area contributed by atoms with Crippen LogP contribution < -0.4 is 15.3 Å². The van der Waals surface area contributed by atoms with Crippen molar-refractivity contribution in [3.8, 4) is 5.75 Å². The number of hydrogen-bond acceptors (Lipinski definition) is 4. The molecule has 6 nitrogen and oxygen atoms in total. The van der Waals surface area contributed by atoms with Gasteiger partial charge in [-0.1, -0.05) is 4.85 Å². The number of hydrogen-bond donors (Lipinski definition) is 1. The highest BCUT2D eigenvalue weighted by molar-refractivity contribution is 6.14. The molecular formula is C19H18F3N3O3. The predicted molar refractivity (Wildman–Crippen MR) is 96.0 cm³/mol. The van der Waals surface area contributed by atoms with Crippen molar-refractivity contribution in [2.75, 3.05) is 13.7 Å². The molecule has 2 N–H and O–H groups in total. The Morgan fingerprint density at radius 1 is 1.21 bits per heavy atom. The average molecular weight is 393 g/mol. The van der Waals surface area contributed by atoms with Gasteiger partial charge in [0.25, 0.3) is 5.52 Å². The molecule has 0 amide bonds. The molecule has 3 rings (SSSR count). The van der Waals surface area contributed by atoms with Gasteiger partial charge >= 0.3 is 6.18 Å². The van der Waals surface area contributed by atoms with Crippen molar-refractivity contribution >= 4 is 16.7 Å². The number of nitrogens with two attached hydrogens (primary N) is 1. The highest BCUT2D eigenvalue weighted by atomic mass is 19.4. The number of rotatable bonds is 6. The first-order valence-electron chi connectivity index (χ1n) is 8.50. The minimum atomic E-state index is -4.60. The van der Waals surface area contributed by atoms with Crippen molar-refractivity contribution in [2.24, 2.45) is 5.73 Å². The SMILES string of the molecule is COc1ccc(C(=O)c2c3ccc(C(F)(F)F)cc3[n+]([O-])n2CCCN)cc1. The molecule has 0 bridgehead atoms. The summed E-state index contributed by atoms with van der Waals surface area (Å²) in [6, 6.07) is 9.03. The Morgan fingerprint density at radius 2 is 1.89 bits per heavy atom. The Bertz CT molecular complexity index is 1010. The Hall–Kier alpha value is -3.07. The molecule has 0 aliphatic heterocycles. The normalized spacial score (nSPS) is 11.8. The maximum absolute atomic E-state index is 13.1. The zero-order chi connectivity index (χ0) is 20.5. The maximum atomic E-state index is 13.1. The molecule has 0 saturated carbocycles. The van der Waals surface area contributed by atoms with Gasteiger partial charge in [0.15, 0.2) is 5.69 Å². The first-order valence-corrected chi connectivity index (χ1v) is 8.50. The predicted octanol–water partition coefficient (Wildman–Crippen LogP) is 2.88.